The van der Waals surface area contributed by atoms with Crippen LogP contribution in [0, 0.1) is 0 Å². The Morgan fingerprint density at radius 1 is 1.57 bits per heavy atom. The molecule has 1 unspecified atom stereocenters. The minimum absolute atomic E-state index is 0.230. The monoisotopic (exact) mass is 213 g/mol. The van der Waals surface area contributed by atoms with Crippen molar-refractivity contribution in [2.24, 2.45) is 0 Å². The first kappa shape index (κ1) is 10.9. The summed E-state index contributed by atoms with van der Waals surface area (Å²) in [7, 11) is 0. The fraction of sp³-hybridized carbons (Fsp3) is 0.222. The molecule has 0 fully saturated rings. The minimum atomic E-state index is -2.04. The van der Waals surface area contributed by atoms with E-state index < -0.39 is 11.1 Å². The van der Waals surface area contributed by atoms with E-state index >= 15 is 0 Å². The normalized spacial score (nSPS) is 12.1. The Morgan fingerprint density at radius 2 is 2.29 bits per heavy atom. The van der Waals surface area contributed by atoms with Crippen molar-refractivity contribution < 1.29 is 13.6 Å². The maximum absolute atomic E-state index is 11.3. The van der Waals surface area contributed by atoms with Crippen LogP contribution in [0.15, 0.2) is 29.2 Å². The van der Waals surface area contributed by atoms with Gasteiger partial charge in [0.25, 0.3) is 5.91 Å². The molecule has 5 heteroatoms. The molecular formula is C9H11NO3S. The van der Waals surface area contributed by atoms with Crippen molar-refractivity contribution in [2.75, 3.05) is 6.54 Å². The van der Waals surface area contributed by atoms with Crippen LogP contribution in [0.4, 0.5) is 0 Å². The molecule has 0 radical (unpaired) electrons. The molecule has 0 aliphatic rings. The second kappa shape index (κ2) is 4.88. The lowest BCUT2D eigenvalue weighted by Crippen LogP contribution is -2.22. The van der Waals surface area contributed by atoms with Crippen LogP contribution in [0.1, 0.15) is 17.3 Å². The van der Waals surface area contributed by atoms with Crippen LogP contribution in [0.5, 0.6) is 0 Å². The smallest absolute Gasteiger partial charge is 0.251 e. The van der Waals surface area contributed by atoms with Gasteiger partial charge in [0, 0.05) is 12.1 Å². The first-order chi connectivity index (χ1) is 6.65. The lowest BCUT2D eigenvalue weighted by molar-refractivity contribution is 0.0955. The summed E-state index contributed by atoms with van der Waals surface area (Å²) in [5.74, 6) is -0.236. The molecule has 0 bridgehead atoms. The van der Waals surface area contributed by atoms with Gasteiger partial charge in [-0.15, -0.1) is 0 Å². The van der Waals surface area contributed by atoms with Gasteiger partial charge in [0.15, 0.2) is 11.1 Å². The first-order valence-corrected chi connectivity index (χ1v) is 5.25. The second-order valence-electron chi connectivity index (χ2n) is 2.64. The lowest BCUT2D eigenvalue weighted by atomic mass is 10.2. The highest BCUT2D eigenvalue weighted by atomic mass is 32.2. The van der Waals surface area contributed by atoms with E-state index in [1.54, 1.807) is 12.1 Å². The summed E-state index contributed by atoms with van der Waals surface area (Å²) >= 11 is -2.04. The van der Waals surface area contributed by atoms with Crippen LogP contribution in [0.3, 0.4) is 0 Å². The van der Waals surface area contributed by atoms with Gasteiger partial charge in [0.2, 0.25) is 0 Å². The zero-order chi connectivity index (χ0) is 10.6. The Morgan fingerprint density at radius 3 is 2.86 bits per heavy atom. The summed E-state index contributed by atoms with van der Waals surface area (Å²) in [4.78, 5) is 11.6. The zero-order valence-electron chi connectivity index (χ0n) is 7.69. The largest absolute Gasteiger partial charge is 0.352 e. The number of carbonyl (C=O) groups is 1. The van der Waals surface area contributed by atoms with Crippen LogP contribution >= 0.6 is 0 Å². The molecule has 0 spiro atoms. The summed E-state index contributed by atoms with van der Waals surface area (Å²) in [5, 5.41) is 2.61. The van der Waals surface area contributed by atoms with Crippen molar-refractivity contribution in [3.8, 4) is 0 Å². The van der Waals surface area contributed by atoms with Gasteiger partial charge < -0.3 is 9.87 Å². The summed E-state index contributed by atoms with van der Waals surface area (Å²) < 4.78 is 19.5. The number of benzene rings is 1. The molecule has 14 heavy (non-hydrogen) atoms. The van der Waals surface area contributed by atoms with E-state index in [4.69, 9.17) is 4.55 Å². The molecule has 0 aromatic heterocycles. The van der Waals surface area contributed by atoms with E-state index in [9.17, 15) is 9.00 Å². The van der Waals surface area contributed by atoms with Crippen molar-refractivity contribution in [3.63, 3.8) is 0 Å². The van der Waals surface area contributed by atoms with E-state index in [1.807, 2.05) is 6.92 Å². The Bertz CT molecular complexity index is 365. The number of rotatable bonds is 3. The fourth-order valence-electron chi connectivity index (χ4n) is 1.01. The van der Waals surface area contributed by atoms with Gasteiger partial charge in [-0.25, -0.2) is 4.21 Å². The summed E-state index contributed by atoms with van der Waals surface area (Å²) in [6, 6.07) is 6.08. The summed E-state index contributed by atoms with van der Waals surface area (Å²) in [5.41, 5.74) is 0.395. The summed E-state index contributed by atoms with van der Waals surface area (Å²) in [6.45, 7) is 2.34. The number of amides is 1. The predicted molar refractivity (Wildman–Crippen MR) is 53.5 cm³/mol. The second-order valence-corrected chi connectivity index (χ2v) is 3.61. The van der Waals surface area contributed by atoms with E-state index in [0.29, 0.717) is 12.1 Å². The molecule has 0 aliphatic heterocycles. The van der Waals surface area contributed by atoms with Crippen molar-refractivity contribution in [2.45, 2.75) is 11.8 Å². The number of hydrogen-bond donors (Lipinski definition) is 2. The Hall–Kier alpha value is -1.20. The highest BCUT2D eigenvalue weighted by Crippen LogP contribution is 2.08. The molecular weight excluding hydrogens is 202 g/mol. The van der Waals surface area contributed by atoms with Crippen molar-refractivity contribution in [1.29, 1.82) is 0 Å². The van der Waals surface area contributed by atoms with E-state index in [1.165, 1.54) is 12.1 Å². The molecule has 76 valence electrons. The van der Waals surface area contributed by atoms with Gasteiger partial charge in [0.1, 0.15) is 0 Å². The zero-order valence-corrected chi connectivity index (χ0v) is 8.50. The van der Waals surface area contributed by atoms with Crippen LogP contribution in [0.25, 0.3) is 0 Å². The van der Waals surface area contributed by atoms with Gasteiger partial charge in [-0.3, -0.25) is 4.79 Å². The third kappa shape index (κ3) is 2.65. The van der Waals surface area contributed by atoms with Gasteiger partial charge >= 0.3 is 0 Å². The van der Waals surface area contributed by atoms with Crippen molar-refractivity contribution >= 4 is 17.0 Å². The highest BCUT2D eigenvalue weighted by Gasteiger charge is 2.06. The quantitative estimate of drug-likeness (QED) is 0.736. The predicted octanol–water partition coefficient (Wildman–Crippen LogP) is 1.02. The number of carbonyl (C=O) groups excluding carboxylic acids is 1. The molecule has 2 N–H and O–H groups in total. The van der Waals surface area contributed by atoms with Crippen LogP contribution in [-0.2, 0) is 11.1 Å². The maximum atomic E-state index is 11.3. The van der Waals surface area contributed by atoms with Crippen LogP contribution < -0.4 is 5.32 Å². The number of nitrogens with one attached hydrogen (secondary N) is 1. The Kier molecular flexibility index (Phi) is 3.79. The third-order valence-electron chi connectivity index (χ3n) is 1.64. The topological polar surface area (TPSA) is 66.4 Å². The van der Waals surface area contributed by atoms with Crippen molar-refractivity contribution in [1.82, 2.24) is 5.32 Å². The minimum Gasteiger partial charge on any atom is -0.352 e. The molecule has 0 heterocycles. The van der Waals surface area contributed by atoms with Crippen molar-refractivity contribution in [3.05, 3.63) is 29.8 Å². The molecule has 1 rings (SSSR count). The number of hydrogen-bond acceptors (Lipinski definition) is 2. The summed E-state index contributed by atoms with van der Waals surface area (Å²) in [6.07, 6.45) is 0. The average Bonchev–Trinajstić information content (AvgIpc) is 2.18. The third-order valence-corrected chi connectivity index (χ3v) is 2.29. The van der Waals surface area contributed by atoms with Crippen LogP contribution in [-0.4, -0.2) is 21.2 Å². The van der Waals surface area contributed by atoms with Gasteiger partial charge in [-0.2, -0.15) is 0 Å². The van der Waals surface area contributed by atoms with E-state index in [-0.39, 0.29) is 10.8 Å². The molecule has 1 amide bonds. The van der Waals surface area contributed by atoms with E-state index in [2.05, 4.69) is 5.32 Å². The standard InChI is InChI=1S/C9H11NO3S/c1-2-10-9(11)7-4-3-5-8(6-7)14(12)13/h3-6H,2H2,1H3,(H,10,11)(H,12,13). The lowest BCUT2D eigenvalue weighted by Gasteiger charge is -2.02. The fourth-order valence-corrected chi connectivity index (χ4v) is 1.43. The van der Waals surface area contributed by atoms with Crippen LogP contribution in [0.2, 0.25) is 0 Å². The molecule has 1 atom stereocenters. The molecule has 0 saturated carbocycles. The SMILES string of the molecule is CCNC(=O)c1cccc(S(=O)O)c1. The van der Waals surface area contributed by atoms with Gasteiger partial charge in [-0.1, -0.05) is 6.07 Å². The first-order valence-electron chi connectivity index (χ1n) is 4.14. The van der Waals surface area contributed by atoms with Gasteiger partial charge in [0.05, 0.1) is 4.90 Å². The molecule has 1 aromatic carbocycles. The van der Waals surface area contributed by atoms with Gasteiger partial charge in [-0.05, 0) is 25.1 Å². The average molecular weight is 213 g/mol. The highest BCUT2D eigenvalue weighted by molar-refractivity contribution is 7.79. The Balaban J connectivity index is 2.93. The van der Waals surface area contributed by atoms with E-state index in [0.717, 1.165) is 0 Å². The Labute approximate surface area is 84.6 Å². The molecule has 0 saturated heterocycles. The molecule has 1 aromatic rings. The maximum Gasteiger partial charge on any atom is 0.251 e. The molecule has 4 nitrogen and oxygen atoms in total. The molecule has 0 aliphatic carbocycles.